The van der Waals surface area contributed by atoms with Gasteiger partial charge in [0.05, 0.1) is 16.4 Å². The molecule has 10 nitrogen and oxygen atoms in total. The third-order valence-corrected chi connectivity index (χ3v) is 8.02. The first-order valence-corrected chi connectivity index (χ1v) is 13.5. The number of nitrogens with two attached hydrogens (primary N) is 1. The smallest absolute Gasteiger partial charge is 0.265 e. The van der Waals surface area contributed by atoms with Gasteiger partial charge in [-0.1, -0.05) is 35.5 Å². The monoisotopic (exact) mass is 512 g/mol. The van der Waals surface area contributed by atoms with Gasteiger partial charge in [-0.2, -0.15) is 0 Å². The molecule has 182 valence electrons. The molecule has 1 saturated carbocycles. The number of fused-ring (bicyclic) bond motifs is 1. The summed E-state index contributed by atoms with van der Waals surface area (Å²) in [5.74, 6) is 1.02. The van der Waals surface area contributed by atoms with Crippen LogP contribution < -0.4 is 15.2 Å². The molecule has 0 bridgehead atoms. The lowest BCUT2D eigenvalue weighted by Crippen LogP contribution is -2.35. The highest BCUT2D eigenvalue weighted by Gasteiger charge is 2.26. The van der Waals surface area contributed by atoms with Crippen molar-refractivity contribution < 1.29 is 17.9 Å². The summed E-state index contributed by atoms with van der Waals surface area (Å²) in [6.07, 6.45) is 4.53. The van der Waals surface area contributed by atoms with Crippen molar-refractivity contribution in [3.05, 3.63) is 66.0 Å². The van der Waals surface area contributed by atoms with Gasteiger partial charge in [0.25, 0.3) is 10.0 Å². The standard InChI is InChI=1S/C23H24N6O4S2/c24-35(31,32)23-26-19-9-8-18(11-21(19)34-23)33-14-17-13-29(28-27-17)20(10-15-4-2-1-3-5-15)22(30)25-12-16-6-7-16/h1-5,8-9,11,13,16,20H,6-7,10,12,14H2,(H,25,30)(H2,24,31,32)/t20-/m0/s1. The highest BCUT2D eigenvalue weighted by molar-refractivity contribution is 7.91. The largest absolute Gasteiger partial charge is 0.487 e. The molecule has 2 heterocycles. The Balaban J connectivity index is 1.28. The van der Waals surface area contributed by atoms with E-state index in [4.69, 9.17) is 9.88 Å². The summed E-state index contributed by atoms with van der Waals surface area (Å²) >= 11 is 0.983. The Morgan fingerprint density at radius 1 is 1.23 bits per heavy atom. The minimum absolute atomic E-state index is 0.0839. The van der Waals surface area contributed by atoms with Crippen molar-refractivity contribution in [3.8, 4) is 5.75 Å². The van der Waals surface area contributed by atoms with Crippen LogP contribution in [0.5, 0.6) is 5.75 Å². The molecule has 5 rings (SSSR count). The van der Waals surface area contributed by atoms with E-state index in [0.717, 1.165) is 29.7 Å². The van der Waals surface area contributed by atoms with E-state index >= 15 is 0 Å². The van der Waals surface area contributed by atoms with Gasteiger partial charge in [-0.25, -0.2) is 23.2 Å². The molecule has 0 radical (unpaired) electrons. The molecule has 2 aromatic carbocycles. The van der Waals surface area contributed by atoms with Crippen LogP contribution in [0.3, 0.4) is 0 Å². The molecule has 1 aliphatic rings. The van der Waals surface area contributed by atoms with E-state index in [1.165, 1.54) is 0 Å². The van der Waals surface area contributed by atoms with E-state index in [2.05, 4.69) is 20.6 Å². The Labute approximate surface area is 206 Å². The van der Waals surface area contributed by atoms with E-state index in [0.29, 0.717) is 40.5 Å². The van der Waals surface area contributed by atoms with E-state index < -0.39 is 16.1 Å². The molecule has 35 heavy (non-hydrogen) atoms. The van der Waals surface area contributed by atoms with Crippen LogP contribution in [0.2, 0.25) is 0 Å². The Hall–Kier alpha value is -3.35. The lowest BCUT2D eigenvalue weighted by atomic mass is 10.1. The van der Waals surface area contributed by atoms with Gasteiger partial charge in [0.2, 0.25) is 10.2 Å². The molecular weight excluding hydrogens is 488 g/mol. The average Bonchev–Trinajstić information content (AvgIpc) is 3.37. The Kier molecular flexibility index (Phi) is 6.50. The Morgan fingerprint density at radius 2 is 2.03 bits per heavy atom. The third kappa shape index (κ3) is 5.84. The second-order valence-corrected chi connectivity index (χ2v) is 11.3. The minimum atomic E-state index is -3.86. The number of nitrogens with one attached hydrogen (secondary N) is 1. The number of aromatic nitrogens is 4. The van der Waals surface area contributed by atoms with Crippen molar-refractivity contribution in [3.63, 3.8) is 0 Å². The molecule has 1 fully saturated rings. The van der Waals surface area contributed by atoms with Crippen LogP contribution in [-0.4, -0.2) is 40.8 Å². The van der Waals surface area contributed by atoms with Crippen LogP contribution in [0, 0.1) is 5.92 Å². The van der Waals surface area contributed by atoms with Crippen LogP contribution in [-0.2, 0) is 27.8 Å². The highest BCUT2D eigenvalue weighted by Crippen LogP contribution is 2.29. The van der Waals surface area contributed by atoms with Gasteiger partial charge in [-0.15, -0.1) is 16.4 Å². The van der Waals surface area contributed by atoms with Crippen molar-refractivity contribution in [1.82, 2.24) is 25.3 Å². The van der Waals surface area contributed by atoms with Gasteiger partial charge in [-0.05, 0) is 42.5 Å². The quantitative estimate of drug-likeness (QED) is 0.332. The Bertz CT molecular complexity index is 1450. The number of rotatable bonds is 10. The summed E-state index contributed by atoms with van der Waals surface area (Å²) in [4.78, 5) is 17.0. The maximum absolute atomic E-state index is 13.0. The topological polar surface area (TPSA) is 142 Å². The molecule has 12 heteroatoms. The molecule has 1 aliphatic carbocycles. The predicted octanol–water partition coefficient (Wildman–Crippen LogP) is 2.42. The van der Waals surface area contributed by atoms with E-state index in [1.54, 1.807) is 29.1 Å². The van der Waals surface area contributed by atoms with Gasteiger partial charge in [0, 0.05) is 13.0 Å². The van der Waals surface area contributed by atoms with E-state index in [-0.39, 0.29) is 16.9 Å². The molecule has 1 atom stereocenters. The van der Waals surface area contributed by atoms with Gasteiger partial charge in [-0.3, -0.25) is 4.79 Å². The SMILES string of the molecule is NS(=O)(=O)c1nc2ccc(OCc3cn([C@@H](Cc4ccccc4)C(=O)NCC4CC4)nn3)cc2s1. The fraction of sp³-hybridized carbons (Fsp3) is 0.304. The molecule has 2 aromatic heterocycles. The number of nitrogens with zero attached hydrogens (tertiary/aromatic N) is 4. The molecular formula is C23H24N6O4S2. The summed E-state index contributed by atoms with van der Waals surface area (Å²) < 4.78 is 31.0. The van der Waals surface area contributed by atoms with Crippen LogP contribution in [0.1, 0.15) is 30.1 Å². The van der Waals surface area contributed by atoms with Crippen molar-refractivity contribution in [1.29, 1.82) is 0 Å². The molecule has 4 aromatic rings. The zero-order valence-electron chi connectivity index (χ0n) is 18.7. The van der Waals surface area contributed by atoms with Crippen molar-refractivity contribution >= 4 is 37.5 Å². The normalized spacial score (nSPS) is 14.7. The second-order valence-electron chi connectivity index (χ2n) is 8.53. The fourth-order valence-corrected chi connectivity index (χ4v) is 5.30. The number of carbonyl (C=O) groups is 1. The summed E-state index contributed by atoms with van der Waals surface area (Å²) in [6.45, 7) is 0.816. The van der Waals surface area contributed by atoms with Crippen LogP contribution in [0.15, 0.2) is 59.1 Å². The minimum Gasteiger partial charge on any atom is -0.487 e. The summed E-state index contributed by atoms with van der Waals surface area (Å²) in [5.41, 5.74) is 2.12. The number of hydrogen-bond acceptors (Lipinski definition) is 8. The third-order valence-electron chi connectivity index (χ3n) is 5.68. The molecule has 0 saturated heterocycles. The van der Waals surface area contributed by atoms with Crippen LogP contribution in [0.4, 0.5) is 0 Å². The molecule has 0 spiro atoms. The lowest BCUT2D eigenvalue weighted by Gasteiger charge is -2.17. The highest BCUT2D eigenvalue weighted by atomic mass is 32.2. The predicted molar refractivity (Wildman–Crippen MR) is 130 cm³/mol. The van der Waals surface area contributed by atoms with Gasteiger partial charge < -0.3 is 10.1 Å². The maximum Gasteiger partial charge on any atom is 0.265 e. The maximum atomic E-state index is 13.0. The lowest BCUT2D eigenvalue weighted by molar-refractivity contribution is -0.124. The summed E-state index contributed by atoms with van der Waals surface area (Å²) in [5, 5.41) is 16.6. The summed E-state index contributed by atoms with van der Waals surface area (Å²) in [6, 6.07) is 14.4. The first-order valence-electron chi connectivity index (χ1n) is 11.1. The fourth-order valence-electron chi connectivity index (χ4n) is 3.61. The van der Waals surface area contributed by atoms with Gasteiger partial charge >= 0.3 is 0 Å². The number of sulfonamides is 1. The zero-order chi connectivity index (χ0) is 24.4. The molecule has 3 N–H and O–H groups in total. The van der Waals surface area contributed by atoms with Gasteiger partial charge in [0.15, 0.2) is 0 Å². The van der Waals surface area contributed by atoms with Gasteiger partial charge in [0.1, 0.15) is 24.1 Å². The first kappa shape index (κ1) is 23.4. The second kappa shape index (κ2) is 9.72. The Morgan fingerprint density at radius 3 is 2.77 bits per heavy atom. The van der Waals surface area contributed by atoms with Crippen molar-refractivity contribution in [2.45, 2.75) is 36.3 Å². The van der Waals surface area contributed by atoms with Crippen LogP contribution in [0.25, 0.3) is 10.2 Å². The first-order chi connectivity index (χ1) is 16.8. The zero-order valence-corrected chi connectivity index (χ0v) is 20.3. The molecule has 1 amide bonds. The summed E-state index contributed by atoms with van der Waals surface area (Å²) in [7, 11) is -3.86. The number of amides is 1. The number of ether oxygens (including phenoxy) is 1. The molecule has 0 unspecified atom stereocenters. The number of benzene rings is 2. The number of thiazole rings is 1. The number of primary sulfonamides is 1. The van der Waals surface area contributed by atoms with Crippen molar-refractivity contribution in [2.75, 3.05) is 6.54 Å². The average molecular weight is 513 g/mol. The molecule has 0 aliphatic heterocycles. The van der Waals surface area contributed by atoms with Crippen molar-refractivity contribution in [2.24, 2.45) is 11.1 Å². The van der Waals surface area contributed by atoms with Crippen LogP contribution >= 0.6 is 11.3 Å². The number of carbonyl (C=O) groups excluding carboxylic acids is 1. The number of hydrogen-bond donors (Lipinski definition) is 2. The van der Waals surface area contributed by atoms with E-state index in [1.807, 2.05) is 30.3 Å². The van der Waals surface area contributed by atoms with E-state index in [9.17, 15) is 13.2 Å².